The molecule has 2 heterocycles. The highest BCUT2D eigenvalue weighted by Gasteiger charge is 2.43. The van der Waals surface area contributed by atoms with E-state index in [1.165, 1.54) is 23.2 Å². The molecule has 0 unspecified atom stereocenters. The van der Waals surface area contributed by atoms with Crippen molar-refractivity contribution >= 4 is 35.1 Å². The smallest absolute Gasteiger partial charge is 0.282 e. The lowest BCUT2D eigenvalue weighted by Crippen LogP contribution is -2.56. The van der Waals surface area contributed by atoms with Gasteiger partial charge < -0.3 is 21.4 Å². The number of nitrogens with two attached hydrogens (primary N) is 1. The molecule has 1 fully saturated rings. The van der Waals surface area contributed by atoms with Crippen LogP contribution in [0.5, 0.6) is 0 Å². The lowest BCUT2D eigenvalue weighted by molar-refractivity contribution is -0.111. The minimum atomic E-state index is -2.65. The number of alkyl halides is 2. The monoisotopic (exact) mass is 401 g/mol. The number of pyridine rings is 1. The maximum absolute atomic E-state index is 14.1. The molecule has 6 nitrogen and oxygen atoms in total. The largest absolute Gasteiger partial charge is 0.404 e. The summed E-state index contributed by atoms with van der Waals surface area (Å²) in [6, 6.07) is 6.51. The molecule has 1 aliphatic heterocycles. The Morgan fingerprint density at radius 1 is 1.24 bits per heavy atom. The van der Waals surface area contributed by atoms with E-state index in [-0.39, 0.29) is 29.8 Å². The molecule has 150 valence electrons. The molecule has 9 heteroatoms. The van der Waals surface area contributed by atoms with Gasteiger partial charge in [-0.1, -0.05) is 0 Å². The highest BCUT2D eigenvalue weighted by atomic mass is 19.3. The molecule has 1 aliphatic rings. The molecule has 4 N–H and O–H groups in total. The minimum Gasteiger partial charge on any atom is -0.404 e. The lowest BCUT2D eigenvalue weighted by Gasteiger charge is -2.40. The van der Waals surface area contributed by atoms with Gasteiger partial charge >= 0.3 is 0 Å². The molecule has 0 bridgehead atoms. The lowest BCUT2D eigenvalue weighted by atomic mass is 10.0. The summed E-state index contributed by atoms with van der Waals surface area (Å²) in [6.45, 7) is -0.638. The van der Waals surface area contributed by atoms with Gasteiger partial charge in [0.15, 0.2) is 0 Å². The van der Waals surface area contributed by atoms with Crippen LogP contribution in [0.15, 0.2) is 48.9 Å². The Bertz CT molecular complexity index is 978. The fraction of sp³-hybridized carbons (Fsp3) is 0.150. The number of anilines is 2. The van der Waals surface area contributed by atoms with E-state index in [1.807, 2.05) is 0 Å². The summed E-state index contributed by atoms with van der Waals surface area (Å²) in [4.78, 5) is 17.4. The van der Waals surface area contributed by atoms with Crippen molar-refractivity contribution in [3.05, 3.63) is 65.9 Å². The Morgan fingerprint density at radius 3 is 2.52 bits per heavy atom. The SMILES string of the molecule is N=CC(=CN)c1c(F)cncc1/C=C/C(=O)Nc1ccc(N2CC(F)(F)C2)cc1. The zero-order chi connectivity index (χ0) is 21.0. The second kappa shape index (κ2) is 8.17. The summed E-state index contributed by atoms with van der Waals surface area (Å²) in [5, 5.41) is 9.97. The van der Waals surface area contributed by atoms with E-state index < -0.39 is 17.6 Å². The van der Waals surface area contributed by atoms with Crippen LogP contribution < -0.4 is 16.0 Å². The number of hydrogen-bond donors (Lipinski definition) is 3. The fourth-order valence-corrected chi connectivity index (χ4v) is 2.88. The Labute approximate surface area is 165 Å². The van der Waals surface area contributed by atoms with E-state index in [9.17, 15) is 18.0 Å². The first kappa shape index (κ1) is 20.1. The van der Waals surface area contributed by atoms with Crippen LogP contribution in [0, 0.1) is 11.2 Å². The summed E-state index contributed by atoms with van der Waals surface area (Å²) in [5.41, 5.74) is 7.06. The van der Waals surface area contributed by atoms with Crippen LogP contribution >= 0.6 is 0 Å². The average molecular weight is 401 g/mol. The van der Waals surface area contributed by atoms with Crippen LogP contribution in [0.3, 0.4) is 0 Å². The number of aromatic nitrogens is 1. The molecular formula is C20H18F3N5O. The van der Waals surface area contributed by atoms with Gasteiger partial charge in [-0.25, -0.2) is 13.2 Å². The molecule has 2 aromatic rings. The first-order valence-corrected chi connectivity index (χ1v) is 8.61. The Balaban J connectivity index is 1.68. The molecule has 1 aromatic carbocycles. The first-order chi connectivity index (χ1) is 13.8. The number of benzene rings is 1. The van der Waals surface area contributed by atoms with Crippen LogP contribution in [0.25, 0.3) is 11.6 Å². The third-order valence-corrected chi connectivity index (χ3v) is 4.31. The maximum Gasteiger partial charge on any atom is 0.282 e. The standard InChI is InChI=1S/C20H18F3N5O/c21-17-10-26-9-13(19(17)14(7-24)8-25)1-6-18(29)27-15-2-4-16(5-3-15)28-11-20(22,23)12-28/h1-10,24H,11-12,25H2,(H,27,29)/b6-1+,14-8?,24-7?. The summed E-state index contributed by atoms with van der Waals surface area (Å²) < 4.78 is 40.0. The van der Waals surface area contributed by atoms with Crippen molar-refractivity contribution in [2.24, 2.45) is 5.73 Å². The minimum absolute atomic E-state index is 0.0669. The van der Waals surface area contributed by atoms with E-state index in [4.69, 9.17) is 11.1 Å². The second-order valence-corrected chi connectivity index (χ2v) is 6.43. The van der Waals surface area contributed by atoms with E-state index in [1.54, 1.807) is 24.3 Å². The maximum atomic E-state index is 14.1. The van der Waals surface area contributed by atoms with Crippen molar-refractivity contribution in [2.75, 3.05) is 23.3 Å². The van der Waals surface area contributed by atoms with Gasteiger partial charge in [0.25, 0.3) is 5.92 Å². The normalized spacial score (nSPS) is 15.8. The number of halogens is 3. The average Bonchev–Trinajstić information content (AvgIpc) is 2.67. The Morgan fingerprint density at radius 2 is 1.93 bits per heavy atom. The van der Waals surface area contributed by atoms with Gasteiger partial charge in [-0.05, 0) is 30.3 Å². The number of rotatable bonds is 6. The number of carbonyl (C=O) groups is 1. The topological polar surface area (TPSA) is 95.1 Å². The molecule has 1 amide bonds. The number of carbonyl (C=O) groups excluding carboxylic acids is 1. The zero-order valence-electron chi connectivity index (χ0n) is 15.2. The molecular weight excluding hydrogens is 383 g/mol. The molecule has 3 rings (SSSR count). The van der Waals surface area contributed by atoms with Crippen LogP contribution in [0.2, 0.25) is 0 Å². The Kier molecular flexibility index (Phi) is 5.67. The number of amides is 1. The Hall–Kier alpha value is -3.62. The van der Waals surface area contributed by atoms with Crippen molar-refractivity contribution in [3.8, 4) is 0 Å². The molecule has 1 aromatic heterocycles. The zero-order valence-corrected chi connectivity index (χ0v) is 15.2. The van der Waals surface area contributed by atoms with Crippen LogP contribution in [0.4, 0.5) is 24.5 Å². The van der Waals surface area contributed by atoms with Crippen molar-refractivity contribution in [1.29, 1.82) is 5.41 Å². The van der Waals surface area contributed by atoms with Gasteiger partial charge in [0.1, 0.15) is 5.82 Å². The van der Waals surface area contributed by atoms with Gasteiger partial charge in [-0.2, -0.15) is 0 Å². The predicted molar refractivity (Wildman–Crippen MR) is 106 cm³/mol. The third-order valence-electron chi connectivity index (χ3n) is 4.31. The van der Waals surface area contributed by atoms with E-state index >= 15 is 0 Å². The van der Waals surface area contributed by atoms with Gasteiger partial charge in [0.05, 0.1) is 19.3 Å². The molecule has 0 radical (unpaired) electrons. The third kappa shape index (κ3) is 4.63. The van der Waals surface area contributed by atoms with E-state index in [2.05, 4.69) is 10.3 Å². The fourth-order valence-electron chi connectivity index (χ4n) is 2.88. The van der Waals surface area contributed by atoms with Gasteiger partial charge in [-0.15, -0.1) is 0 Å². The number of allylic oxidation sites excluding steroid dienone is 1. The molecule has 0 spiro atoms. The van der Waals surface area contributed by atoms with E-state index in [0.29, 0.717) is 11.4 Å². The summed E-state index contributed by atoms with van der Waals surface area (Å²) in [5.74, 6) is -3.80. The molecule has 0 atom stereocenters. The number of nitrogens with one attached hydrogen (secondary N) is 2. The molecule has 29 heavy (non-hydrogen) atoms. The van der Waals surface area contributed by atoms with E-state index in [0.717, 1.165) is 18.6 Å². The number of nitrogens with zero attached hydrogens (tertiary/aromatic N) is 2. The summed E-state index contributed by atoms with van der Waals surface area (Å²) in [6.07, 6.45) is 6.91. The molecule has 0 aliphatic carbocycles. The highest BCUT2D eigenvalue weighted by Crippen LogP contribution is 2.32. The second-order valence-electron chi connectivity index (χ2n) is 6.43. The first-order valence-electron chi connectivity index (χ1n) is 8.61. The number of hydrogen-bond acceptors (Lipinski definition) is 5. The van der Waals surface area contributed by atoms with Crippen molar-refractivity contribution in [3.63, 3.8) is 0 Å². The van der Waals surface area contributed by atoms with Crippen LogP contribution in [-0.2, 0) is 4.79 Å². The van der Waals surface area contributed by atoms with Gasteiger partial charge in [-0.3, -0.25) is 9.78 Å². The summed E-state index contributed by atoms with van der Waals surface area (Å²) in [7, 11) is 0. The summed E-state index contributed by atoms with van der Waals surface area (Å²) >= 11 is 0. The predicted octanol–water partition coefficient (Wildman–Crippen LogP) is 3.28. The van der Waals surface area contributed by atoms with Gasteiger partial charge in [0, 0.05) is 52.8 Å². The molecule has 0 saturated carbocycles. The highest BCUT2D eigenvalue weighted by molar-refractivity contribution is 6.10. The molecule has 1 saturated heterocycles. The van der Waals surface area contributed by atoms with Crippen molar-refractivity contribution in [2.45, 2.75) is 5.92 Å². The van der Waals surface area contributed by atoms with Crippen molar-refractivity contribution in [1.82, 2.24) is 4.98 Å². The quantitative estimate of drug-likeness (QED) is 0.511. The van der Waals surface area contributed by atoms with Crippen LogP contribution in [0.1, 0.15) is 11.1 Å². The van der Waals surface area contributed by atoms with Crippen molar-refractivity contribution < 1.29 is 18.0 Å². The van der Waals surface area contributed by atoms with Crippen LogP contribution in [-0.4, -0.2) is 36.1 Å². The van der Waals surface area contributed by atoms with Gasteiger partial charge in [0.2, 0.25) is 5.91 Å².